The fourth-order valence-electron chi connectivity index (χ4n) is 1.19. The molecular formula is C11H13ClO. The van der Waals surface area contributed by atoms with Crippen molar-refractivity contribution in [1.82, 2.24) is 0 Å². The summed E-state index contributed by atoms with van der Waals surface area (Å²) >= 11 is 5.93. The molecule has 0 saturated carbocycles. The van der Waals surface area contributed by atoms with Crippen molar-refractivity contribution in [3.8, 4) is 0 Å². The maximum absolute atomic E-state index is 9.50. The topological polar surface area (TPSA) is 20.2 Å². The Morgan fingerprint density at radius 3 is 2.77 bits per heavy atom. The van der Waals surface area contributed by atoms with Crippen molar-refractivity contribution in [1.29, 1.82) is 0 Å². The van der Waals surface area contributed by atoms with Crippen LogP contribution in [0.5, 0.6) is 0 Å². The fraction of sp³-hybridized carbons (Fsp3) is 0.273. The number of benzene rings is 1. The highest BCUT2D eigenvalue weighted by Crippen LogP contribution is 2.17. The average molecular weight is 197 g/mol. The van der Waals surface area contributed by atoms with Crippen molar-refractivity contribution >= 4 is 11.6 Å². The molecule has 1 nitrogen and oxygen atoms in total. The Labute approximate surface area is 83.7 Å². The molecule has 1 atom stereocenters. The Bertz CT molecular complexity index is 283. The second-order valence-electron chi connectivity index (χ2n) is 2.97. The van der Waals surface area contributed by atoms with Crippen molar-refractivity contribution in [3.05, 3.63) is 47.5 Å². The molecule has 0 heterocycles. The van der Waals surface area contributed by atoms with Crippen LogP contribution >= 0.6 is 11.6 Å². The Morgan fingerprint density at radius 2 is 2.15 bits per heavy atom. The van der Waals surface area contributed by atoms with Gasteiger partial charge in [-0.25, -0.2) is 0 Å². The zero-order chi connectivity index (χ0) is 9.68. The molecule has 13 heavy (non-hydrogen) atoms. The minimum atomic E-state index is -0.377. The molecule has 0 aromatic heterocycles. The molecule has 0 bridgehead atoms. The summed E-state index contributed by atoms with van der Waals surface area (Å²) in [5, 5.41) is 10.2. The minimum absolute atomic E-state index is 0.377. The van der Waals surface area contributed by atoms with Crippen LogP contribution < -0.4 is 0 Å². The number of aliphatic hydroxyl groups excluding tert-OH is 1. The Balaban J connectivity index is 2.63. The highest BCUT2D eigenvalue weighted by molar-refractivity contribution is 6.31. The Kier molecular flexibility index (Phi) is 4.00. The van der Waals surface area contributed by atoms with Gasteiger partial charge < -0.3 is 5.11 Å². The maximum atomic E-state index is 9.50. The molecular weight excluding hydrogens is 184 g/mol. The molecule has 1 aromatic carbocycles. The van der Waals surface area contributed by atoms with Gasteiger partial charge in [-0.15, -0.1) is 6.58 Å². The van der Waals surface area contributed by atoms with E-state index < -0.39 is 0 Å². The van der Waals surface area contributed by atoms with E-state index in [1.165, 1.54) is 0 Å². The van der Waals surface area contributed by atoms with E-state index in [0.29, 0.717) is 17.9 Å². The summed E-state index contributed by atoms with van der Waals surface area (Å²) in [6.07, 6.45) is 2.52. The molecule has 0 aliphatic heterocycles. The van der Waals surface area contributed by atoms with Gasteiger partial charge in [-0.05, 0) is 18.1 Å². The van der Waals surface area contributed by atoms with Crippen LogP contribution in [0.25, 0.3) is 0 Å². The van der Waals surface area contributed by atoms with Gasteiger partial charge in [0, 0.05) is 11.4 Å². The van der Waals surface area contributed by atoms with Gasteiger partial charge in [-0.2, -0.15) is 0 Å². The molecule has 1 unspecified atom stereocenters. The van der Waals surface area contributed by atoms with Crippen LogP contribution in [0, 0.1) is 0 Å². The standard InChI is InChI=1S/C11H13ClO/c1-2-5-10(13)8-9-6-3-4-7-11(9)12/h2-4,6-7,10,13H,1,5,8H2. The summed E-state index contributed by atoms with van der Waals surface area (Å²) in [7, 11) is 0. The van der Waals surface area contributed by atoms with Gasteiger partial charge in [0.25, 0.3) is 0 Å². The largest absolute Gasteiger partial charge is 0.392 e. The van der Waals surface area contributed by atoms with E-state index in [1.54, 1.807) is 6.08 Å². The van der Waals surface area contributed by atoms with Crippen molar-refractivity contribution in [2.45, 2.75) is 18.9 Å². The van der Waals surface area contributed by atoms with Crippen molar-refractivity contribution < 1.29 is 5.11 Å². The average Bonchev–Trinajstić information content (AvgIpc) is 2.09. The first kappa shape index (κ1) is 10.3. The van der Waals surface area contributed by atoms with Crippen molar-refractivity contribution in [3.63, 3.8) is 0 Å². The molecule has 0 amide bonds. The lowest BCUT2D eigenvalue weighted by atomic mass is 10.1. The predicted molar refractivity (Wildman–Crippen MR) is 56.0 cm³/mol. The smallest absolute Gasteiger partial charge is 0.0615 e. The Hall–Kier alpha value is -0.790. The zero-order valence-corrected chi connectivity index (χ0v) is 8.17. The first-order valence-corrected chi connectivity index (χ1v) is 4.64. The van der Waals surface area contributed by atoms with Crippen LogP contribution in [0.2, 0.25) is 5.02 Å². The van der Waals surface area contributed by atoms with Gasteiger partial charge in [-0.1, -0.05) is 35.9 Å². The van der Waals surface area contributed by atoms with Crippen molar-refractivity contribution in [2.24, 2.45) is 0 Å². The van der Waals surface area contributed by atoms with Gasteiger partial charge in [0.15, 0.2) is 0 Å². The lowest BCUT2D eigenvalue weighted by Gasteiger charge is -2.08. The molecule has 1 aromatic rings. The van der Waals surface area contributed by atoms with Gasteiger partial charge >= 0.3 is 0 Å². The quantitative estimate of drug-likeness (QED) is 0.735. The van der Waals surface area contributed by atoms with Crippen LogP contribution in [0.15, 0.2) is 36.9 Å². The van der Waals surface area contributed by atoms with Crippen LogP contribution in [0.1, 0.15) is 12.0 Å². The van der Waals surface area contributed by atoms with Crippen LogP contribution in [0.3, 0.4) is 0 Å². The SMILES string of the molecule is C=CCC(O)Cc1ccccc1Cl. The zero-order valence-electron chi connectivity index (χ0n) is 7.41. The first-order valence-electron chi connectivity index (χ1n) is 4.26. The van der Waals surface area contributed by atoms with Gasteiger partial charge in [-0.3, -0.25) is 0 Å². The van der Waals surface area contributed by atoms with E-state index in [0.717, 1.165) is 5.56 Å². The summed E-state index contributed by atoms with van der Waals surface area (Å²) < 4.78 is 0. The van der Waals surface area contributed by atoms with Gasteiger partial charge in [0.05, 0.1) is 6.10 Å². The summed E-state index contributed by atoms with van der Waals surface area (Å²) in [6.45, 7) is 3.57. The lowest BCUT2D eigenvalue weighted by molar-refractivity contribution is 0.178. The molecule has 0 saturated heterocycles. The van der Waals surface area contributed by atoms with Gasteiger partial charge in [0.1, 0.15) is 0 Å². The Morgan fingerprint density at radius 1 is 1.46 bits per heavy atom. The number of rotatable bonds is 4. The highest BCUT2D eigenvalue weighted by Gasteiger charge is 2.05. The third-order valence-corrected chi connectivity index (χ3v) is 2.22. The predicted octanol–water partition coefficient (Wildman–Crippen LogP) is 2.82. The molecule has 1 rings (SSSR count). The van der Waals surface area contributed by atoms with Crippen LogP contribution in [0.4, 0.5) is 0 Å². The summed E-state index contributed by atoms with van der Waals surface area (Å²) in [5.41, 5.74) is 0.985. The van der Waals surface area contributed by atoms with E-state index in [9.17, 15) is 5.11 Å². The number of aliphatic hydroxyl groups is 1. The molecule has 1 N–H and O–H groups in total. The number of hydrogen-bond acceptors (Lipinski definition) is 1. The second kappa shape index (κ2) is 5.05. The monoisotopic (exact) mass is 196 g/mol. The second-order valence-corrected chi connectivity index (χ2v) is 3.38. The van der Waals surface area contributed by atoms with Crippen LogP contribution in [-0.4, -0.2) is 11.2 Å². The van der Waals surface area contributed by atoms with Crippen LogP contribution in [-0.2, 0) is 6.42 Å². The minimum Gasteiger partial charge on any atom is -0.392 e. The third-order valence-electron chi connectivity index (χ3n) is 1.85. The summed E-state index contributed by atoms with van der Waals surface area (Å²) in [6, 6.07) is 7.56. The number of halogens is 1. The molecule has 0 fully saturated rings. The molecule has 0 radical (unpaired) electrons. The summed E-state index contributed by atoms with van der Waals surface area (Å²) in [5.74, 6) is 0. The first-order chi connectivity index (χ1) is 6.24. The number of hydrogen-bond donors (Lipinski definition) is 1. The molecule has 70 valence electrons. The summed E-state index contributed by atoms with van der Waals surface area (Å²) in [4.78, 5) is 0. The van der Waals surface area contributed by atoms with E-state index >= 15 is 0 Å². The van der Waals surface area contributed by atoms with E-state index in [-0.39, 0.29) is 6.10 Å². The van der Waals surface area contributed by atoms with E-state index in [2.05, 4.69) is 6.58 Å². The molecule has 2 heteroatoms. The fourth-order valence-corrected chi connectivity index (χ4v) is 1.41. The molecule has 0 spiro atoms. The maximum Gasteiger partial charge on any atom is 0.0615 e. The third kappa shape index (κ3) is 3.21. The highest BCUT2D eigenvalue weighted by atomic mass is 35.5. The van der Waals surface area contributed by atoms with E-state index in [1.807, 2.05) is 24.3 Å². The lowest BCUT2D eigenvalue weighted by Crippen LogP contribution is -2.08. The van der Waals surface area contributed by atoms with Crippen molar-refractivity contribution in [2.75, 3.05) is 0 Å². The normalized spacial score (nSPS) is 12.5. The van der Waals surface area contributed by atoms with Gasteiger partial charge in [0.2, 0.25) is 0 Å². The molecule has 0 aliphatic rings. The molecule has 0 aliphatic carbocycles. The van der Waals surface area contributed by atoms with E-state index in [4.69, 9.17) is 11.6 Å².